The summed E-state index contributed by atoms with van der Waals surface area (Å²) in [5.41, 5.74) is 1.03. The molecule has 1 aliphatic rings. The third-order valence-corrected chi connectivity index (χ3v) is 9.12. The highest BCUT2D eigenvalue weighted by Crippen LogP contribution is 2.33. The van der Waals surface area contributed by atoms with Gasteiger partial charge in [0.15, 0.2) is 0 Å². The van der Waals surface area contributed by atoms with Crippen molar-refractivity contribution in [3.05, 3.63) is 84.4 Å². The molecule has 0 unspecified atom stereocenters. The first-order valence-corrected chi connectivity index (χ1v) is 15.1. The van der Waals surface area contributed by atoms with E-state index in [0.29, 0.717) is 11.5 Å². The van der Waals surface area contributed by atoms with E-state index in [9.17, 15) is 18.0 Å². The zero-order valence-corrected chi connectivity index (χ0v) is 24.5. The standard InChI is InChI=1S/C31H37N3O6S/c1-23(31(36)32-25-13-7-8-14-25)33(21-24-11-5-4-6-12-24)30(35)22-34(28-15-9-10-16-29(28)40-3)41(37,38)27-19-17-26(39-2)18-20-27/h4-6,9-12,15-20,23,25H,7-8,13-14,21-22H2,1-3H3,(H,32,36)/t23-/m0/s1. The quantitative estimate of drug-likeness (QED) is 0.342. The van der Waals surface area contributed by atoms with Gasteiger partial charge < -0.3 is 19.7 Å². The molecule has 9 nitrogen and oxygen atoms in total. The number of carbonyl (C=O) groups excluding carboxylic acids is 2. The molecule has 218 valence electrons. The molecule has 10 heteroatoms. The number of nitrogens with zero attached hydrogens (tertiary/aromatic N) is 2. The van der Waals surface area contributed by atoms with Gasteiger partial charge in [-0.15, -0.1) is 0 Å². The number of sulfonamides is 1. The largest absolute Gasteiger partial charge is 0.497 e. The topological polar surface area (TPSA) is 105 Å². The molecule has 2 amide bonds. The molecular formula is C31H37N3O6S. The lowest BCUT2D eigenvalue weighted by Crippen LogP contribution is -2.52. The average molecular weight is 580 g/mol. The number of rotatable bonds is 12. The molecule has 0 spiro atoms. The fourth-order valence-corrected chi connectivity index (χ4v) is 6.40. The summed E-state index contributed by atoms with van der Waals surface area (Å²) in [5, 5.41) is 3.07. The smallest absolute Gasteiger partial charge is 0.264 e. The Morgan fingerprint density at radius 2 is 1.54 bits per heavy atom. The van der Waals surface area contributed by atoms with Gasteiger partial charge in [-0.3, -0.25) is 13.9 Å². The van der Waals surface area contributed by atoms with Crippen molar-refractivity contribution in [3.63, 3.8) is 0 Å². The van der Waals surface area contributed by atoms with Gasteiger partial charge in [-0.05, 0) is 61.7 Å². The number of hydrogen-bond donors (Lipinski definition) is 1. The van der Waals surface area contributed by atoms with Crippen LogP contribution in [0.3, 0.4) is 0 Å². The average Bonchev–Trinajstić information content (AvgIpc) is 3.51. The summed E-state index contributed by atoms with van der Waals surface area (Å²) >= 11 is 0. The zero-order chi connectivity index (χ0) is 29.4. The van der Waals surface area contributed by atoms with E-state index in [1.54, 1.807) is 43.3 Å². The minimum absolute atomic E-state index is 0.0151. The minimum atomic E-state index is -4.23. The Morgan fingerprint density at radius 3 is 2.17 bits per heavy atom. The summed E-state index contributed by atoms with van der Waals surface area (Å²) in [7, 11) is -1.29. The van der Waals surface area contributed by atoms with Crippen molar-refractivity contribution in [2.45, 2.75) is 56.1 Å². The van der Waals surface area contributed by atoms with E-state index in [1.165, 1.54) is 31.3 Å². The van der Waals surface area contributed by atoms with Crippen molar-refractivity contribution < 1.29 is 27.5 Å². The van der Waals surface area contributed by atoms with Crippen LogP contribution in [0.25, 0.3) is 0 Å². The lowest BCUT2D eigenvalue weighted by Gasteiger charge is -2.32. The number of methoxy groups -OCH3 is 2. The molecule has 4 rings (SSSR count). The Balaban J connectivity index is 1.70. The molecule has 1 N–H and O–H groups in total. The van der Waals surface area contributed by atoms with Crippen molar-refractivity contribution in [2.75, 3.05) is 25.1 Å². The van der Waals surface area contributed by atoms with Gasteiger partial charge in [0, 0.05) is 12.6 Å². The summed E-state index contributed by atoms with van der Waals surface area (Å²) in [4.78, 5) is 28.8. The van der Waals surface area contributed by atoms with E-state index >= 15 is 0 Å². The summed E-state index contributed by atoms with van der Waals surface area (Å²) < 4.78 is 39.8. The van der Waals surface area contributed by atoms with Crippen LogP contribution in [0.2, 0.25) is 0 Å². The van der Waals surface area contributed by atoms with Crippen molar-refractivity contribution in [2.24, 2.45) is 0 Å². The molecule has 0 aliphatic heterocycles. The van der Waals surface area contributed by atoms with Crippen LogP contribution in [-0.4, -0.2) is 58.0 Å². The lowest BCUT2D eigenvalue weighted by molar-refractivity contribution is -0.139. The van der Waals surface area contributed by atoms with Crippen LogP contribution in [-0.2, 0) is 26.2 Å². The second kappa shape index (κ2) is 13.5. The van der Waals surface area contributed by atoms with Crippen LogP contribution < -0.4 is 19.1 Å². The molecule has 0 aromatic heterocycles. The Hall–Kier alpha value is -4.05. The van der Waals surface area contributed by atoms with E-state index in [-0.39, 0.29) is 29.1 Å². The van der Waals surface area contributed by atoms with Crippen LogP contribution in [0.5, 0.6) is 11.5 Å². The van der Waals surface area contributed by atoms with Gasteiger partial charge in [0.1, 0.15) is 24.1 Å². The number of anilines is 1. The monoisotopic (exact) mass is 579 g/mol. The van der Waals surface area contributed by atoms with Gasteiger partial charge in [0.05, 0.1) is 24.8 Å². The first-order valence-electron chi connectivity index (χ1n) is 13.7. The SMILES string of the molecule is COc1ccc(S(=O)(=O)N(CC(=O)N(Cc2ccccc2)[C@@H](C)C(=O)NC2CCCC2)c2ccccc2OC)cc1. The first-order chi connectivity index (χ1) is 19.7. The Labute approximate surface area is 242 Å². The molecule has 1 atom stereocenters. The molecular weight excluding hydrogens is 542 g/mol. The van der Waals surface area contributed by atoms with Crippen LogP contribution >= 0.6 is 0 Å². The predicted molar refractivity (Wildman–Crippen MR) is 157 cm³/mol. The fourth-order valence-electron chi connectivity index (χ4n) is 4.98. The van der Waals surface area contributed by atoms with Gasteiger partial charge in [-0.25, -0.2) is 8.42 Å². The minimum Gasteiger partial charge on any atom is -0.497 e. The zero-order valence-electron chi connectivity index (χ0n) is 23.7. The summed E-state index contributed by atoms with van der Waals surface area (Å²) in [6.45, 7) is 1.28. The molecule has 1 fully saturated rings. The van der Waals surface area contributed by atoms with Gasteiger partial charge in [0.25, 0.3) is 10.0 Å². The number of amides is 2. The maximum atomic E-state index is 14.1. The molecule has 0 bridgehead atoms. The lowest BCUT2D eigenvalue weighted by atomic mass is 10.1. The number of nitrogens with one attached hydrogen (secondary N) is 1. The molecule has 0 radical (unpaired) electrons. The number of hydrogen-bond acceptors (Lipinski definition) is 6. The highest BCUT2D eigenvalue weighted by molar-refractivity contribution is 7.92. The predicted octanol–water partition coefficient (Wildman–Crippen LogP) is 4.38. The van der Waals surface area contributed by atoms with Gasteiger partial charge in [0.2, 0.25) is 11.8 Å². The van der Waals surface area contributed by atoms with E-state index in [1.807, 2.05) is 30.3 Å². The molecule has 0 heterocycles. The Bertz CT molecular complexity index is 1420. The van der Waals surface area contributed by atoms with Crippen molar-refractivity contribution in [3.8, 4) is 11.5 Å². The van der Waals surface area contributed by atoms with Crippen LogP contribution in [0.15, 0.2) is 83.8 Å². The van der Waals surface area contributed by atoms with Crippen molar-refractivity contribution in [1.29, 1.82) is 0 Å². The molecule has 41 heavy (non-hydrogen) atoms. The van der Waals surface area contributed by atoms with E-state index in [4.69, 9.17) is 9.47 Å². The highest BCUT2D eigenvalue weighted by Gasteiger charge is 2.34. The summed E-state index contributed by atoms with van der Waals surface area (Å²) in [5.74, 6) is 0.00739. The van der Waals surface area contributed by atoms with Crippen LogP contribution in [0.4, 0.5) is 5.69 Å². The molecule has 0 saturated heterocycles. The number of ether oxygens (including phenoxy) is 2. The van der Waals surface area contributed by atoms with Crippen molar-refractivity contribution >= 4 is 27.5 Å². The van der Waals surface area contributed by atoms with Gasteiger partial charge >= 0.3 is 0 Å². The Kier molecular flexibility index (Phi) is 9.88. The molecule has 3 aromatic rings. The summed E-state index contributed by atoms with van der Waals surface area (Å²) in [6, 6.07) is 21.2. The maximum Gasteiger partial charge on any atom is 0.264 e. The normalized spacial score (nSPS) is 14.2. The summed E-state index contributed by atoms with van der Waals surface area (Å²) in [6.07, 6.45) is 3.94. The molecule has 1 saturated carbocycles. The third-order valence-electron chi connectivity index (χ3n) is 7.34. The van der Waals surface area contributed by atoms with E-state index < -0.39 is 28.5 Å². The van der Waals surface area contributed by atoms with E-state index in [0.717, 1.165) is 35.6 Å². The number of para-hydroxylation sites is 2. The third kappa shape index (κ3) is 7.18. The Morgan fingerprint density at radius 1 is 0.902 bits per heavy atom. The molecule has 1 aliphatic carbocycles. The molecule has 3 aromatic carbocycles. The second-order valence-corrected chi connectivity index (χ2v) is 11.9. The second-order valence-electron chi connectivity index (χ2n) is 10.0. The maximum absolute atomic E-state index is 14.1. The van der Waals surface area contributed by atoms with Crippen molar-refractivity contribution in [1.82, 2.24) is 10.2 Å². The highest BCUT2D eigenvalue weighted by atomic mass is 32.2. The first kappa shape index (κ1) is 29.9. The van der Waals surface area contributed by atoms with Gasteiger partial charge in [-0.1, -0.05) is 55.3 Å². The number of carbonyl (C=O) groups is 2. The van der Waals surface area contributed by atoms with Crippen LogP contribution in [0, 0.1) is 0 Å². The van der Waals surface area contributed by atoms with E-state index in [2.05, 4.69) is 5.32 Å². The number of benzene rings is 3. The van der Waals surface area contributed by atoms with Crippen LogP contribution in [0.1, 0.15) is 38.2 Å². The fraction of sp³-hybridized carbons (Fsp3) is 0.355. The van der Waals surface area contributed by atoms with Gasteiger partial charge in [-0.2, -0.15) is 0 Å².